The number of hydrogen-bond acceptors (Lipinski definition) is 8. The first-order valence-corrected chi connectivity index (χ1v) is 9.81. The Hall–Kier alpha value is -1.10. The predicted octanol–water partition coefficient (Wildman–Crippen LogP) is 1.92. The van der Waals surface area contributed by atoms with Crippen LogP contribution in [-0.4, -0.2) is 50.2 Å². The lowest BCUT2D eigenvalue weighted by Crippen LogP contribution is -2.35. The molecule has 24 heavy (non-hydrogen) atoms. The Labute approximate surface area is 143 Å². The summed E-state index contributed by atoms with van der Waals surface area (Å²) in [5.74, 6) is -0.892. The molecule has 0 unspecified atom stereocenters. The monoisotopic (exact) mass is 371 g/mol. The van der Waals surface area contributed by atoms with Crippen LogP contribution in [0.2, 0.25) is 0 Å². The third kappa shape index (κ3) is 2.47. The van der Waals surface area contributed by atoms with E-state index in [9.17, 15) is 8.42 Å². The van der Waals surface area contributed by atoms with Gasteiger partial charge >= 0.3 is 0 Å². The third-order valence-corrected chi connectivity index (χ3v) is 7.37. The van der Waals surface area contributed by atoms with Gasteiger partial charge in [0.15, 0.2) is 17.5 Å². The lowest BCUT2D eigenvalue weighted by Gasteiger charge is -2.23. The standard InChI is InChI=1S/C15H17NO6S2/c1-15(2)21-10-11(22-15)13(20-12(10)19-3)24(17,18)14-16-8-6-4-5-7-9(8)23-14/h4-7,10-13H,1-3H3/t10-,11+,12-,13-/m1/s1. The molecule has 9 heteroatoms. The van der Waals surface area contributed by atoms with Crippen LogP contribution in [0.4, 0.5) is 0 Å². The molecule has 0 N–H and O–H groups in total. The highest BCUT2D eigenvalue weighted by atomic mass is 32.2. The van der Waals surface area contributed by atoms with Crippen LogP contribution in [0.25, 0.3) is 10.2 Å². The van der Waals surface area contributed by atoms with Crippen molar-refractivity contribution in [3.63, 3.8) is 0 Å². The normalized spacial score (nSPS) is 32.3. The van der Waals surface area contributed by atoms with Crippen molar-refractivity contribution in [2.24, 2.45) is 0 Å². The van der Waals surface area contributed by atoms with Crippen molar-refractivity contribution in [2.45, 2.75) is 47.9 Å². The molecule has 4 atom stereocenters. The van der Waals surface area contributed by atoms with Gasteiger partial charge in [0.25, 0.3) is 0 Å². The zero-order valence-corrected chi connectivity index (χ0v) is 15.0. The second-order valence-corrected chi connectivity index (χ2v) is 9.40. The number of sulfone groups is 1. The second-order valence-electron chi connectivity index (χ2n) is 6.17. The average Bonchev–Trinajstić information content (AvgIpc) is 3.17. The van der Waals surface area contributed by atoms with E-state index < -0.39 is 39.6 Å². The van der Waals surface area contributed by atoms with E-state index in [-0.39, 0.29) is 4.34 Å². The van der Waals surface area contributed by atoms with Gasteiger partial charge in [0, 0.05) is 7.11 Å². The van der Waals surface area contributed by atoms with E-state index in [0.29, 0.717) is 5.52 Å². The Morgan fingerprint density at radius 1 is 1.21 bits per heavy atom. The highest BCUT2D eigenvalue weighted by molar-refractivity contribution is 7.94. The van der Waals surface area contributed by atoms with Crippen LogP contribution in [-0.2, 0) is 28.8 Å². The summed E-state index contributed by atoms with van der Waals surface area (Å²) in [6.45, 7) is 3.47. The van der Waals surface area contributed by atoms with Gasteiger partial charge in [-0.2, -0.15) is 0 Å². The van der Waals surface area contributed by atoms with Gasteiger partial charge in [-0.15, -0.1) is 11.3 Å². The molecule has 130 valence electrons. The van der Waals surface area contributed by atoms with Crippen LogP contribution in [0.15, 0.2) is 28.6 Å². The third-order valence-electron chi connectivity index (χ3n) is 4.02. The van der Waals surface area contributed by atoms with E-state index in [0.717, 1.165) is 16.0 Å². The Kier molecular flexibility index (Phi) is 3.72. The minimum absolute atomic E-state index is 0.0116. The van der Waals surface area contributed by atoms with Crippen LogP contribution in [0.5, 0.6) is 0 Å². The second kappa shape index (κ2) is 5.45. The van der Waals surface area contributed by atoms with E-state index in [4.69, 9.17) is 18.9 Å². The molecule has 2 fully saturated rings. The van der Waals surface area contributed by atoms with Crippen molar-refractivity contribution >= 4 is 31.4 Å². The first kappa shape index (κ1) is 16.4. The van der Waals surface area contributed by atoms with Crippen molar-refractivity contribution in [1.29, 1.82) is 0 Å². The number of ether oxygens (including phenoxy) is 4. The highest BCUT2D eigenvalue weighted by Gasteiger charge is 2.60. The maximum atomic E-state index is 13.1. The first-order valence-electron chi connectivity index (χ1n) is 7.45. The molecule has 0 amide bonds. The van der Waals surface area contributed by atoms with Crippen LogP contribution in [0, 0.1) is 0 Å². The zero-order valence-electron chi connectivity index (χ0n) is 13.3. The van der Waals surface area contributed by atoms with E-state index in [1.165, 1.54) is 7.11 Å². The van der Waals surface area contributed by atoms with Gasteiger partial charge < -0.3 is 18.9 Å². The molecule has 2 aromatic rings. The van der Waals surface area contributed by atoms with Crippen LogP contribution < -0.4 is 0 Å². The number of rotatable bonds is 3. The molecule has 2 aliphatic heterocycles. The van der Waals surface area contributed by atoms with Gasteiger partial charge in [-0.25, -0.2) is 13.4 Å². The first-order chi connectivity index (χ1) is 11.3. The summed E-state index contributed by atoms with van der Waals surface area (Å²) in [5, 5.41) is 0. The molecule has 3 heterocycles. The SMILES string of the molecule is CO[C@@H]1O[C@H](S(=O)(=O)c2nc3ccccc3s2)[C@H]2OC(C)(C)O[C@@H]12. The van der Waals surface area contributed by atoms with Gasteiger partial charge in [-0.05, 0) is 26.0 Å². The van der Waals surface area contributed by atoms with Crippen LogP contribution in [0.1, 0.15) is 13.8 Å². The van der Waals surface area contributed by atoms with E-state index >= 15 is 0 Å². The molecule has 0 spiro atoms. The van der Waals surface area contributed by atoms with E-state index in [1.54, 1.807) is 19.9 Å². The molecular formula is C15H17NO6S2. The summed E-state index contributed by atoms with van der Waals surface area (Å²) in [4.78, 5) is 4.24. The van der Waals surface area contributed by atoms with Crippen LogP contribution in [0.3, 0.4) is 0 Å². The predicted molar refractivity (Wildman–Crippen MR) is 86.3 cm³/mol. The van der Waals surface area contributed by atoms with Crippen molar-refractivity contribution in [3.8, 4) is 0 Å². The van der Waals surface area contributed by atoms with Gasteiger partial charge in [0.1, 0.15) is 12.2 Å². The molecule has 2 saturated heterocycles. The van der Waals surface area contributed by atoms with E-state index in [1.807, 2.05) is 18.2 Å². The van der Waals surface area contributed by atoms with Crippen molar-refractivity contribution in [2.75, 3.05) is 7.11 Å². The number of aromatic nitrogens is 1. The molecule has 1 aromatic carbocycles. The van der Waals surface area contributed by atoms with Gasteiger partial charge in [0.05, 0.1) is 10.2 Å². The molecule has 0 bridgehead atoms. The zero-order chi connectivity index (χ0) is 17.1. The number of para-hydroxylation sites is 1. The summed E-state index contributed by atoms with van der Waals surface area (Å²) in [7, 11) is -2.40. The number of fused-ring (bicyclic) bond motifs is 2. The molecule has 4 rings (SSSR count). The Bertz CT molecular complexity index is 844. The minimum Gasteiger partial charge on any atom is -0.353 e. The molecule has 0 radical (unpaired) electrons. The number of nitrogens with zero attached hydrogens (tertiary/aromatic N) is 1. The fourth-order valence-electron chi connectivity index (χ4n) is 3.04. The molecule has 1 aromatic heterocycles. The highest BCUT2D eigenvalue weighted by Crippen LogP contribution is 2.42. The fraction of sp³-hybridized carbons (Fsp3) is 0.533. The fourth-order valence-corrected chi connectivity index (χ4v) is 6.00. The number of benzene rings is 1. The average molecular weight is 371 g/mol. The summed E-state index contributed by atoms with van der Waals surface area (Å²) in [6, 6.07) is 7.27. The maximum absolute atomic E-state index is 13.1. The minimum atomic E-state index is -3.85. The lowest BCUT2D eigenvalue weighted by atomic mass is 10.2. The summed E-state index contributed by atoms with van der Waals surface area (Å²) in [5.41, 5.74) is -0.572. The smallest absolute Gasteiger partial charge is 0.234 e. The number of methoxy groups -OCH3 is 1. The molecule has 0 saturated carbocycles. The molecule has 7 nitrogen and oxygen atoms in total. The van der Waals surface area contributed by atoms with Crippen molar-refractivity contribution in [3.05, 3.63) is 24.3 Å². The maximum Gasteiger partial charge on any atom is 0.234 e. The summed E-state index contributed by atoms with van der Waals surface area (Å²) >= 11 is 1.12. The molecular weight excluding hydrogens is 354 g/mol. The molecule has 0 aliphatic carbocycles. The van der Waals surface area contributed by atoms with Crippen molar-refractivity contribution < 1.29 is 27.4 Å². The Balaban J connectivity index is 1.73. The lowest BCUT2D eigenvalue weighted by molar-refractivity contribution is -0.217. The van der Waals surface area contributed by atoms with Crippen molar-refractivity contribution in [1.82, 2.24) is 4.98 Å². The van der Waals surface area contributed by atoms with Gasteiger partial charge in [0.2, 0.25) is 14.2 Å². The summed E-state index contributed by atoms with van der Waals surface area (Å²) < 4.78 is 49.3. The Morgan fingerprint density at radius 3 is 2.62 bits per heavy atom. The quantitative estimate of drug-likeness (QED) is 0.815. The summed E-state index contributed by atoms with van der Waals surface area (Å²) in [6.07, 6.45) is -2.16. The largest absolute Gasteiger partial charge is 0.353 e. The van der Waals surface area contributed by atoms with Gasteiger partial charge in [-0.3, -0.25) is 0 Å². The Morgan fingerprint density at radius 2 is 1.92 bits per heavy atom. The number of hydrogen-bond donors (Lipinski definition) is 0. The number of thiazole rings is 1. The topological polar surface area (TPSA) is 84.0 Å². The van der Waals surface area contributed by atoms with Crippen LogP contribution >= 0.6 is 11.3 Å². The van der Waals surface area contributed by atoms with E-state index in [2.05, 4.69) is 4.98 Å². The molecule has 2 aliphatic rings. The van der Waals surface area contributed by atoms with Gasteiger partial charge in [-0.1, -0.05) is 12.1 Å².